The molecule has 0 atom stereocenters. The summed E-state index contributed by atoms with van der Waals surface area (Å²) in [6.07, 6.45) is 0. The highest BCUT2D eigenvalue weighted by atomic mass is 35.5. The van der Waals surface area contributed by atoms with Crippen LogP contribution in [0.2, 0.25) is 5.02 Å². The van der Waals surface area contributed by atoms with Crippen molar-refractivity contribution in [3.8, 4) is 11.5 Å². The molecule has 9 heteroatoms. The van der Waals surface area contributed by atoms with Crippen LogP contribution in [0.15, 0.2) is 72.8 Å². The van der Waals surface area contributed by atoms with Crippen LogP contribution in [0.4, 0.5) is 10.5 Å². The Morgan fingerprint density at radius 1 is 0.946 bits per heavy atom. The van der Waals surface area contributed by atoms with Crippen molar-refractivity contribution in [2.45, 2.75) is 27.0 Å². The molecule has 3 amide bonds. The number of hydrogen-bond acceptors (Lipinski definition) is 5. The van der Waals surface area contributed by atoms with E-state index in [1.807, 2.05) is 62.4 Å². The standard InChI is InChI=1S/C28H32ClN3O4S/c1-20(2)27(33)31(15-16-32(37)28(34)30-24-12-10-23(29)11-13-24)18-22-9-14-25(26(17-22)35-3)36-19-21-7-5-4-6-8-21/h4-14,17,20,37H,15-16,18-19H2,1-3H3,(H,30,34). The highest BCUT2D eigenvalue weighted by Crippen LogP contribution is 2.29. The number of benzene rings is 3. The normalized spacial score (nSPS) is 10.6. The first-order valence-corrected chi connectivity index (χ1v) is 12.7. The summed E-state index contributed by atoms with van der Waals surface area (Å²) in [6, 6.07) is 21.9. The molecule has 0 aliphatic heterocycles. The number of carbonyl (C=O) groups excluding carboxylic acids is 2. The first-order valence-electron chi connectivity index (χ1n) is 11.9. The first-order chi connectivity index (χ1) is 17.8. The summed E-state index contributed by atoms with van der Waals surface area (Å²) in [4.78, 5) is 27.2. The van der Waals surface area contributed by atoms with Crippen LogP contribution in [0.1, 0.15) is 25.0 Å². The topological polar surface area (TPSA) is 71.1 Å². The molecule has 0 aliphatic rings. The third-order valence-electron chi connectivity index (χ3n) is 5.56. The van der Waals surface area contributed by atoms with Crippen LogP contribution < -0.4 is 14.8 Å². The van der Waals surface area contributed by atoms with Gasteiger partial charge in [-0.05, 0) is 47.5 Å². The van der Waals surface area contributed by atoms with Crippen LogP contribution in [0, 0.1) is 5.92 Å². The van der Waals surface area contributed by atoms with Crippen LogP contribution >= 0.6 is 24.4 Å². The number of nitrogens with one attached hydrogen (secondary N) is 1. The van der Waals surface area contributed by atoms with Gasteiger partial charge in [-0.15, -0.1) is 0 Å². The van der Waals surface area contributed by atoms with Crippen LogP contribution in [0.25, 0.3) is 0 Å². The van der Waals surface area contributed by atoms with Gasteiger partial charge >= 0.3 is 6.03 Å². The second-order valence-corrected chi connectivity index (χ2v) is 9.65. The van der Waals surface area contributed by atoms with Crippen molar-refractivity contribution >= 4 is 42.0 Å². The fourth-order valence-corrected chi connectivity index (χ4v) is 3.82. The summed E-state index contributed by atoms with van der Waals surface area (Å²) in [5.41, 5.74) is 2.54. The minimum atomic E-state index is -0.399. The molecule has 0 aliphatic carbocycles. The smallest absolute Gasteiger partial charge is 0.331 e. The SMILES string of the molecule is COc1cc(CN(CCN(S)C(=O)Nc2ccc(Cl)cc2)C(=O)C(C)C)ccc1OCc1ccccc1. The molecular formula is C28H32ClN3O4S. The predicted molar refractivity (Wildman–Crippen MR) is 150 cm³/mol. The van der Waals surface area contributed by atoms with Crippen LogP contribution in [0.3, 0.4) is 0 Å². The monoisotopic (exact) mass is 541 g/mol. The summed E-state index contributed by atoms with van der Waals surface area (Å²) in [6.45, 7) is 5.01. The van der Waals surface area contributed by atoms with E-state index in [9.17, 15) is 9.59 Å². The number of halogens is 1. The molecule has 0 saturated carbocycles. The minimum absolute atomic E-state index is 0.0248. The van der Waals surface area contributed by atoms with Gasteiger partial charge in [-0.2, -0.15) is 0 Å². The Bertz CT molecular complexity index is 1180. The molecule has 7 nitrogen and oxygen atoms in total. The van der Waals surface area contributed by atoms with E-state index in [1.54, 1.807) is 36.3 Å². The number of hydrogen-bond donors (Lipinski definition) is 2. The maximum Gasteiger partial charge on any atom is 0.331 e. The third-order valence-corrected chi connectivity index (χ3v) is 6.19. The molecule has 0 fully saturated rings. The van der Waals surface area contributed by atoms with Gasteiger partial charge in [-0.25, -0.2) is 4.79 Å². The summed E-state index contributed by atoms with van der Waals surface area (Å²) in [5, 5.41) is 3.34. The Morgan fingerprint density at radius 3 is 2.30 bits per heavy atom. The number of anilines is 1. The number of urea groups is 1. The Kier molecular flexibility index (Phi) is 10.5. The van der Waals surface area contributed by atoms with Crippen LogP contribution in [-0.4, -0.2) is 41.3 Å². The number of carbonyl (C=O) groups is 2. The minimum Gasteiger partial charge on any atom is -0.493 e. The number of ether oxygens (including phenoxy) is 2. The van der Waals surface area contributed by atoms with Crippen molar-refractivity contribution in [1.82, 2.24) is 9.21 Å². The quantitative estimate of drug-likeness (QED) is 0.280. The lowest BCUT2D eigenvalue weighted by Crippen LogP contribution is -2.40. The zero-order chi connectivity index (χ0) is 26.8. The Labute approximate surface area is 228 Å². The van der Waals surface area contributed by atoms with Gasteiger partial charge in [0.05, 0.1) is 13.7 Å². The number of nitrogens with zero attached hydrogens (tertiary/aromatic N) is 2. The van der Waals surface area contributed by atoms with Crippen LogP contribution in [0.5, 0.6) is 11.5 Å². The van der Waals surface area contributed by atoms with E-state index in [0.717, 1.165) is 11.1 Å². The third kappa shape index (κ3) is 8.61. The lowest BCUT2D eigenvalue weighted by molar-refractivity contribution is -0.135. The van der Waals surface area contributed by atoms with E-state index in [1.165, 1.54) is 4.31 Å². The molecule has 0 bridgehead atoms. The van der Waals surface area contributed by atoms with Crippen molar-refractivity contribution in [2.75, 3.05) is 25.5 Å². The molecule has 1 N–H and O–H groups in total. The molecular weight excluding hydrogens is 510 g/mol. The summed E-state index contributed by atoms with van der Waals surface area (Å²) < 4.78 is 12.7. The predicted octanol–water partition coefficient (Wildman–Crippen LogP) is 6.29. The number of methoxy groups -OCH3 is 1. The highest BCUT2D eigenvalue weighted by Gasteiger charge is 2.20. The lowest BCUT2D eigenvalue weighted by atomic mass is 10.1. The van der Waals surface area contributed by atoms with Crippen molar-refractivity contribution in [2.24, 2.45) is 5.92 Å². The summed E-state index contributed by atoms with van der Waals surface area (Å²) >= 11 is 10.2. The molecule has 0 aromatic heterocycles. The van der Waals surface area contributed by atoms with Crippen molar-refractivity contribution < 1.29 is 19.1 Å². The van der Waals surface area contributed by atoms with Gasteiger partial charge in [-0.3, -0.25) is 9.10 Å². The molecule has 0 spiro atoms. The zero-order valence-corrected chi connectivity index (χ0v) is 22.8. The average Bonchev–Trinajstić information content (AvgIpc) is 2.91. The average molecular weight is 542 g/mol. The van der Waals surface area contributed by atoms with Gasteiger partial charge in [0.25, 0.3) is 0 Å². The Balaban J connectivity index is 1.63. The van der Waals surface area contributed by atoms with E-state index in [-0.39, 0.29) is 18.4 Å². The van der Waals surface area contributed by atoms with E-state index in [4.69, 9.17) is 21.1 Å². The van der Waals surface area contributed by atoms with Gasteiger partial charge in [0, 0.05) is 29.7 Å². The van der Waals surface area contributed by atoms with Crippen molar-refractivity contribution in [3.63, 3.8) is 0 Å². The molecule has 196 valence electrons. The first kappa shape index (κ1) is 28.2. The molecule has 3 aromatic rings. The fraction of sp³-hybridized carbons (Fsp3) is 0.286. The number of amides is 3. The van der Waals surface area contributed by atoms with E-state index < -0.39 is 6.03 Å². The molecule has 0 unspecified atom stereocenters. The summed E-state index contributed by atoms with van der Waals surface area (Å²) in [5.74, 6) is 0.982. The molecule has 0 saturated heterocycles. The second kappa shape index (κ2) is 13.8. The van der Waals surface area contributed by atoms with Gasteiger partial charge < -0.3 is 19.7 Å². The van der Waals surface area contributed by atoms with Gasteiger partial charge in [0.2, 0.25) is 5.91 Å². The maximum absolute atomic E-state index is 12.9. The lowest BCUT2D eigenvalue weighted by Gasteiger charge is -2.27. The van der Waals surface area contributed by atoms with Gasteiger partial charge in [-0.1, -0.05) is 74.7 Å². The fourth-order valence-electron chi connectivity index (χ4n) is 3.56. The largest absolute Gasteiger partial charge is 0.493 e. The van der Waals surface area contributed by atoms with E-state index in [2.05, 4.69) is 18.1 Å². The van der Waals surface area contributed by atoms with Crippen molar-refractivity contribution in [3.05, 3.63) is 88.9 Å². The summed E-state index contributed by atoms with van der Waals surface area (Å²) in [7, 11) is 1.59. The van der Waals surface area contributed by atoms with Crippen molar-refractivity contribution in [1.29, 1.82) is 0 Å². The molecule has 37 heavy (non-hydrogen) atoms. The molecule has 0 heterocycles. The number of thiol groups is 1. The van der Waals surface area contributed by atoms with E-state index >= 15 is 0 Å². The van der Waals surface area contributed by atoms with E-state index in [0.29, 0.717) is 41.9 Å². The second-order valence-electron chi connectivity index (χ2n) is 8.73. The van der Waals surface area contributed by atoms with Crippen LogP contribution in [-0.2, 0) is 17.9 Å². The zero-order valence-electron chi connectivity index (χ0n) is 21.2. The Morgan fingerprint density at radius 2 is 1.65 bits per heavy atom. The highest BCUT2D eigenvalue weighted by molar-refractivity contribution is 7.78. The van der Waals surface area contributed by atoms with Gasteiger partial charge in [0.1, 0.15) is 6.61 Å². The van der Waals surface area contributed by atoms with Gasteiger partial charge in [0.15, 0.2) is 11.5 Å². The molecule has 3 aromatic carbocycles. The Hall–Kier alpha value is -3.36. The molecule has 0 radical (unpaired) electrons. The molecule has 3 rings (SSSR count). The number of rotatable bonds is 11. The maximum atomic E-state index is 12.9.